The maximum atomic E-state index is 12.4. The van der Waals surface area contributed by atoms with Gasteiger partial charge >= 0.3 is 6.18 Å². The summed E-state index contributed by atoms with van der Waals surface area (Å²) in [4.78, 5) is 12.6. The molecule has 0 aliphatic carbocycles. The van der Waals surface area contributed by atoms with Gasteiger partial charge in [-0.25, -0.2) is 8.78 Å². The molecule has 90 valence electrons. The normalized spacial score (nSPS) is 12.2. The quantitative estimate of drug-likeness (QED) is 0.644. The fourth-order valence-electron chi connectivity index (χ4n) is 1.21. The van der Waals surface area contributed by atoms with Crippen molar-refractivity contribution < 1.29 is 22.0 Å². The van der Waals surface area contributed by atoms with Crippen molar-refractivity contribution >= 4 is 11.6 Å². The first-order valence-electron chi connectivity index (χ1n) is 3.94. The molecule has 0 aliphatic heterocycles. The maximum absolute atomic E-state index is 12.4. The molecule has 0 atom stereocenters. The number of H-pyrrole nitrogens is 1. The fraction of sp³-hybridized carbons (Fsp3) is 0.375. The predicted octanol–water partition coefficient (Wildman–Crippen LogP) is 3.07. The molecule has 0 saturated carbocycles. The van der Waals surface area contributed by atoms with Crippen molar-refractivity contribution in [1.29, 1.82) is 0 Å². The van der Waals surface area contributed by atoms with Crippen LogP contribution in [-0.4, -0.2) is 4.98 Å². The molecule has 0 unspecified atom stereocenters. The van der Waals surface area contributed by atoms with E-state index in [0.29, 0.717) is 6.20 Å². The van der Waals surface area contributed by atoms with Crippen LogP contribution in [-0.2, 0) is 12.1 Å². The number of nitrogens with one attached hydrogen (secondary N) is 1. The third kappa shape index (κ3) is 2.34. The molecule has 0 aliphatic rings. The zero-order valence-electron chi connectivity index (χ0n) is 7.54. The Morgan fingerprint density at radius 2 is 1.94 bits per heavy atom. The summed E-state index contributed by atoms with van der Waals surface area (Å²) in [5, 5.41) is 0. The molecule has 0 bridgehead atoms. The monoisotopic (exact) mass is 261 g/mol. The van der Waals surface area contributed by atoms with Crippen LogP contribution in [0.25, 0.3) is 0 Å². The van der Waals surface area contributed by atoms with Gasteiger partial charge in [-0.15, -0.1) is 11.6 Å². The second-order valence-electron chi connectivity index (χ2n) is 2.86. The lowest BCUT2D eigenvalue weighted by molar-refractivity contribution is -0.138. The summed E-state index contributed by atoms with van der Waals surface area (Å²) in [5.74, 6) is -0.807. The number of pyridine rings is 1. The van der Waals surface area contributed by atoms with E-state index in [1.807, 2.05) is 0 Å². The third-order valence-corrected chi connectivity index (χ3v) is 2.17. The molecule has 8 heteroatoms. The molecule has 0 saturated heterocycles. The van der Waals surface area contributed by atoms with Crippen LogP contribution in [0.2, 0.25) is 0 Å². The number of aromatic nitrogens is 1. The van der Waals surface area contributed by atoms with Crippen molar-refractivity contribution in [3.63, 3.8) is 0 Å². The molecule has 16 heavy (non-hydrogen) atoms. The number of hydrogen-bond donors (Lipinski definition) is 1. The summed E-state index contributed by atoms with van der Waals surface area (Å²) < 4.78 is 61.9. The van der Waals surface area contributed by atoms with E-state index < -0.39 is 40.7 Å². The van der Waals surface area contributed by atoms with Gasteiger partial charge in [0.25, 0.3) is 12.0 Å². The smallest absolute Gasteiger partial charge is 0.328 e. The SMILES string of the molecule is O=c1[nH]cc(C(F)(F)F)c(CCl)c1C(F)F. The summed E-state index contributed by atoms with van der Waals surface area (Å²) >= 11 is 5.17. The van der Waals surface area contributed by atoms with Gasteiger partial charge in [0.15, 0.2) is 0 Å². The molecule has 1 N–H and O–H groups in total. The third-order valence-electron chi connectivity index (χ3n) is 1.90. The van der Waals surface area contributed by atoms with Gasteiger partial charge in [-0.1, -0.05) is 0 Å². The second kappa shape index (κ2) is 4.40. The molecule has 0 aromatic carbocycles. The molecular formula is C8H5ClF5NO. The van der Waals surface area contributed by atoms with Crippen LogP contribution in [0.1, 0.15) is 23.1 Å². The number of alkyl halides is 6. The van der Waals surface area contributed by atoms with E-state index in [4.69, 9.17) is 11.6 Å². The van der Waals surface area contributed by atoms with Gasteiger partial charge in [0.05, 0.1) is 11.1 Å². The Hall–Kier alpha value is -1.11. The number of rotatable bonds is 2. The standard InChI is InChI=1S/C8H5ClF5NO/c9-1-3-4(8(12,13)14)2-15-7(16)5(3)6(10)11/h2,6H,1H2,(H,15,16). The molecule has 1 aromatic rings. The van der Waals surface area contributed by atoms with Crippen molar-refractivity contribution in [3.8, 4) is 0 Å². The Balaban J connectivity index is 3.56. The maximum Gasteiger partial charge on any atom is 0.418 e. The highest BCUT2D eigenvalue weighted by Gasteiger charge is 2.36. The summed E-state index contributed by atoms with van der Waals surface area (Å²) in [6.07, 6.45) is -7.80. The van der Waals surface area contributed by atoms with Crippen LogP contribution in [0.3, 0.4) is 0 Å². The highest BCUT2D eigenvalue weighted by Crippen LogP contribution is 2.34. The molecule has 1 aromatic heterocycles. The lowest BCUT2D eigenvalue weighted by Gasteiger charge is -2.13. The zero-order valence-corrected chi connectivity index (χ0v) is 8.29. The number of hydrogen-bond acceptors (Lipinski definition) is 1. The van der Waals surface area contributed by atoms with Crippen LogP contribution in [0.4, 0.5) is 22.0 Å². The number of aromatic amines is 1. The molecule has 0 spiro atoms. The fourth-order valence-corrected chi connectivity index (χ4v) is 1.50. The van der Waals surface area contributed by atoms with E-state index in [1.54, 1.807) is 4.98 Å². The second-order valence-corrected chi connectivity index (χ2v) is 3.12. The predicted molar refractivity (Wildman–Crippen MR) is 46.6 cm³/mol. The van der Waals surface area contributed by atoms with Crippen molar-refractivity contribution in [3.05, 3.63) is 33.2 Å². The Labute approximate surface area is 91.0 Å². The van der Waals surface area contributed by atoms with Crippen LogP contribution >= 0.6 is 11.6 Å². The van der Waals surface area contributed by atoms with Crippen molar-refractivity contribution in [1.82, 2.24) is 4.98 Å². The van der Waals surface area contributed by atoms with Gasteiger partial charge in [0.1, 0.15) is 0 Å². The molecular weight excluding hydrogens is 257 g/mol. The highest BCUT2D eigenvalue weighted by atomic mass is 35.5. The Morgan fingerprint density at radius 1 is 1.38 bits per heavy atom. The zero-order chi connectivity index (χ0) is 12.5. The lowest BCUT2D eigenvalue weighted by atomic mass is 10.1. The van der Waals surface area contributed by atoms with Crippen LogP contribution in [0.5, 0.6) is 0 Å². The lowest BCUT2D eigenvalue weighted by Crippen LogP contribution is -2.21. The van der Waals surface area contributed by atoms with Crippen molar-refractivity contribution in [2.75, 3.05) is 0 Å². The summed E-state index contributed by atoms with van der Waals surface area (Å²) in [5.41, 5.74) is -4.73. The van der Waals surface area contributed by atoms with Crippen molar-refractivity contribution in [2.24, 2.45) is 0 Å². The van der Waals surface area contributed by atoms with Crippen LogP contribution in [0, 0.1) is 0 Å². The van der Waals surface area contributed by atoms with Gasteiger partial charge in [-0.3, -0.25) is 4.79 Å². The van der Waals surface area contributed by atoms with Gasteiger partial charge in [-0.2, -0.15) is 13.2 Å². The minimum atomic E-state index is -4.84. The van der Waals surface area contributed by atoms with E-state index in [2.05, 4.69) is 0 Å². The van der Waals surface area contributed by atoms with Gasteiger partial charge < -0.3 is 4.98 Å². The summed E-state index contributed by atoms with van der Waals surface area (Å²) in [6, 6.07) is 0. The minimum Gasteiger partial charge on any atom is -0.328 e. The Bertz CT molecular complexity index is 439. The molecule has 0 radical (unpaired) electrons. The number of halogens is 6. The van der Waals surface area contributed by atoms with Crippen molar-refractivity contribution in [2.45, 2.75) is 18.5 Å². The largest absolute Gasteiger partial charge is 0.418 e. The van der Waals surface area contributed by atoms with E-state index in [0.717, 1.165) is 0 Å². The molecule has 1 heterocycles. The highest BCUT2D eigenvalue weighted by molar-refractivity contribution is 6.17. The van der Waals surface area contributed by atoms with E-state index in [1.165, 1.54) is 0 Å². The Morgan fingerprint density at radius 3 is 2.31 bits per heavy atom. The van der Waals surface area contributed by atoms with Gasteiger partial charge in [0.2, 0.25) is 0 Å². The first-order valence-corrected chi connectivity index (χ1v) is 4.48. The molecule has 2 nitrogen and oxygen atoms in total. The molecule has 1 rings (SSSR count). The minimum absolute atomic E-state index is 0.339. The van der Waals surface area contributed by atoms with E-state index in [9.17, 15) is 26.7 Å². The first kappa shape index (κ1) is 13.0. The van der Waals surface area contributed by atoms with Crippen LogP contribution in [0.15, 0.2) is 11.0 Å². The summed E-state index contributed by atoms with van der Waals surface area (Å²) in [7, 11) is 0. The molecule has 0 fully saturated rings. The van der Waals surface area contributed by atoms with Gasteiger partial charge in [0, 0.05) is 12.1 Å². The average Bonchev–Trinajstić information content (AvgIpc) is 2.14. The Kier molecular flexibility index (Phi) is 3.57. The topological polar surface area (TPSA) is 32.9 Å². The van der Waals surface area contributed by atoms with E-state index >= 15 is 0 Å². The molecule has 0 amide bonds. The van der Waals surface area contributed by atoms with Crippen LogP contribution < -0.4 is 5.56 Å². The average molecular weight is 262 g/mol. The summed E-state index contributed by atoms with van der Waals surface area (Å²) in [6.45, 7) is 0. The van der Waals surface area contributed by atoms with Gasteiger partial charge in [-0.05, 0) is 5.56 Å². The first-order chi connectivity index (χ1) is 7.29. The van der Waals surface area contributed by atoms with E-state index in [-0.39, 0.29) is 0 Å².